The number of nitrogens with one attached hydrogen (secondary N) is 1. The van der Waals surface area contributed by atoms with Crippen LogP contribution in [0, 0.1) is 0 Å². The number of nitrogens with zero attached hydrogens (tertiary/aromatic N) is 1. The van der Waals surface area contributed by atoms with Crippen LogP contribution in [0.15, 0.2) is 91.0 Å². The molecule has 128 valence electrons. The average molecular weight is 330 g/mol. The normalized spacial score (nSPS) is 12.2. The molecule has 0 saturated carbocycles. The fourth-order valence-electron chi connectivity index (χ4n) is 3.18. The van der Waals surface area contributed by atoms with E-state index in [0.29, 0.717) is 6.04 Å². The van der Waals surface area contributed by atoms with Gasteiger partial charge in [-0.05, 0) is 23.7 Å². The Hall–Kier alpha value is -2.42. The lowest BCUT2D eigenvalue weighted by Crippen LogP contribution is -2.33. The van der Waals surface area contributed by atoms with Gasteiger partial charge in [0.05, 0.1) is 0 Å². The van der Waals surface area contributed by atoms with Gasteiger partial charge in [-0.1, -0.05) is 91.0 Å². The van der Waals surface area contributed by atoms with Crippen LogP contribution in [0.3, 0.4) is 0 Å². The van der Waals surface area contributed by atoms with Gasteiger partial charge >= 0.3 is 0 Å². The zero-order valence-corrected chi connectivity index (χ0v) is 14.8. The molecule has 0 amide bonds. The molecule has 0 bridgehead atoms. The summed E-state index contributed by atoms with van der Waals surface area (Å²) in [7, 11) is 2.04. The van der Waals surface area contributed by atoms with Gasteiger partial charge in [-0.15, -0.1) is 0 Å². The van der Waals surface area contributed by atoms with Crippen molar-refractivity contribution in [2.24, 2.45) is 0 Å². The van der Waals surface area contributed by atoms with Gasteiger partial charge in [-0.3, -0.25) is 4.90 Å². The zero-order valence-electron chi connectivity index (χ0n) is 14.8. The van der Waals surface area contributed by atoms with Gasteiger partial charge in [0.1, 0.15) is 0 Å². The van der Waals surface area contributed by atoms with Crippen molar-refractivity contribution in [1.29, 1.82) is 0 Å². The van der Waals surface area contributed by atoms with E-state index < -0.39 is 0 Å². The lowest BCUT2D eigenvalue weighted by Gasteiger charge is -2.28. The third kappa shape index (κ3) is 5.28. The Labute approximate surface area is 151 Å². The molecular formula is C23H26N2. The molecule has 2 nitrogen and oxygen atoms in total. The van der Waals surface area contributed by atoms with Crippen LogP contribution in [0.1, 0.15) is 22.7 Å². The Morgan fingerprint density at radius 1 is 0.680 bits per heavy atom. The van der Waals surface area contributed by atoms with Crippen molar-refractivity contribution in [3.05, 3.63) is 108 Å². The second-order valence-corrected chi connectivity index (χ2v) is 6.39. The Morgan fingerprint density at radius 2 is 1.12 bits per heavy atom. The monoisotopic (exact) mass is 330 g/mol. The molecule has 0 radical (unpaired) electrons. The number of rotatable bonds is 8. The molecule has 3 aromatic carbocycles. The summed E-state index contributed by atoms with van der Waals surface area (Å²) in [5.41, 5.74) is 4.03. The molecule has 0 fully saturated rings. The minimum absolute atomic E-state index is 0.314. The van der Waals surface area contributed by atoms with Gasteiger partial charge < -0.3 is 5.32 Å². The van der Waals surface area contributed by atoms with Crippen LogP contribution >= 0.6 is 0 Å². The molecule has 0 aliphatic carbocycles. The van der Waals surface area contributed by atoms with Crippen molar-refractivity contribution in [3.8, 4) is 0 Å². The molecule has 0 spiro atoms. The third-order valence-electron chi connectivity index (χ3n) is 4.49. The SMILES string of the molecule is CN[C@H](CN(Cc1ccccc1)Cc1ccccc1)c1ccccc1. The fourth-order valence-corrected chi connectivity index (χ4v) is 3.18. The molecule has 1 N–H and O–H groups in total. The molecule has 0 aromatic heterocycles. The molecule has 3 aromatic rings. The standard InChI is InChI=1S/C23H26N2/c1-24-23(22-15-9-4-10-16-22)19-25(17-20-11-5-2-6-12-20)18-21-13-7-3-8-14-21/h2-16,23-24H,17-19H2,1H3/t23-/m1/s1. The topological polar surface area (TPSA) is 15.3 Å². The van der Waals surface area contributed by atoms with Crippen molar-refractivity contribution < 1.29 is 0 Å². The number of likely N-dealkylation sites (N-methyl/N-ethyl adjacent to an activating group) is 1. The zero-order chi connectivity index (χ0) is 17.3. The molecule has 0 heterocycles. The Morgan fingerprint density at radius 3 is 1.56 bits per heavy atom. The first-order valence-corrected chi connectivity index (χ1v) is 8.87. The summed E-state index contributed by atoms with van der Waals surface area (Å²) in [5.74, 6) is 0. The van der Waals surface area contributed by atoms with Crippen LogP contribution in [0.25, 0.3) is 0 Å². The van der Waals surface area contributed by atoms with Crippen LogP contribution in [-0.4, -0.2) is 18.5 Å². The van der Waals surface area contributed by atoms with Gasteiger partial charge in [0.2, 0.25) is 0 Å². The summed E-state index contributed by atoms with van der Waals surface area (Å²) in [5, 5.41) is 3.48. The van der Waals surface area contributed by atoms with Crippen molar-refractivity contribution in [1.82, 2.24) is 10.2 Å². The molecular weight excluding hydrogens is 304 g/mol. The summed E-state index contributed by atoms with van der Waals surface area (Å²) in [6, 6.07) is 32.4. The van der Waals surface area contributed by atoms with E-state index in [1.807, 2.05) is 7.05 Å². The van der Waals surface area contributed by atoms with Crippen LogP contribution in [0.5, 0.6) is 0 Å². The third-order valence-corrected chi connectivity index (χ3v) is 4.49. The molecule has 1 atom stereocenters. The molecule has 25 heavy (non-hydrogen) atoms. The minimum atomic E-state index is 0.314. The van der Waals surface area contributed by atoms with E-state index in [-0.39, 0.29) is 0 Å². The first-order valence-electron chi connectivity index (χ1n) is 8.87. The van der Waals surface area contributed by atoms with E-state index in [9.17, 15) is 0 Å². The van der Waals surface area contributed by atoms with Gasteiger partial charge in [-0.2, -0.15) is 0 Å². The maximum Gasteiger partial charge on any atom is 0.0447 e. The highest BCUT2D eigenvalue weighted by Gasteiger charge is 2.15. The summed E-state index contributed by atoms with van der Waals surface area (Å²) in [6.07, 6.45) is 0. The molecule has 2 heteroatoms. The molecule has 0 aliphatic rings. The van der Waals surface area contributed by atoms with Crippen LogP contribution in [-0.2, 0) is 13.1 Å². The van der Waals surface area contributed by atoms with E-state index in [2.05, 4.69) is 101 Å². The largest absolute Gasteiger partial charge is 0.312 e. The van der Waals surface area contributed by atoms with Crippen molar-refractivity contribution in [2.45, 2.75) is 19.1 Å². The summed E-state index contributed by atoms with van der Waals surface area (Å²) in [6.45, 7) is 2.85. The molecule has 0 saturated heterocycles. The van der Waals surface area contributed by atoms with Crippen LogP contribution in [0.2, 0.25) is 0 Å². The van der Waals surface area contributed by atoms with E-state index in [4.69, 9.17) is 0 Å². The summed E-state index contributed by atoms with van der Waals surface area (Å²) >= 11 is 0. The maximum atomic E-state index is 3.48. The Bertz CT molecular complexity index is 684. The smallest absolute Gasteiger partial charge is 0.0447 e. The second-order valence-electron chi connectivity index (χ2n) is 6.39. The minimum Gasteiger partial charge on any atom is -0.312 e. The van der Waals surface area contributed by atoms with Crippen LogP contribution < -0.4 is 5.32 Å². The van der Waals surface area contributed by atoms with E-state index in [1.54, 1.807) is 0 Å². The Kier molecular flexibility index (Phi) is 6.38. The lowest BCUT2D eigenvalue weighted by atomic mass is 10.1. The number of hydrogen-bond acceptors (Lipinski definition) is 2. The number of benzene rings is 3. The molecule has 0 unspecified atom stereocenters. The second kappa shape index (κ2) is 9.16. The Balaban J connectivity index is 1.77. The maximum absolute atomic E-state index is 3.48. The average Bonchev–Trinajstić information content (AvgIpc) is 2.68. The van der Waals surface area contributed by atoms with E-state index >= 15 is 0 Å². The predicted molar refractivity (Wildman–Crippen MR) is 105 cm³/mol. The highest BCUT2D eigenvalue weighted by atomic mass is 15.1. The van der Waals surface area contributed by atoms with Crippen molar-refractivity contribution in [2.75, 3.05) is 13.6 Å². The summed E-state index contributed by atoms with van der Waals surface area (Å²) in [4.78, 5) is 2.51. The van der Waals surface area contributed by atoms with Gasteiger partial charge in [-0.25, -0.2) is 0 Å². The fraction of sp³-hybridized carbons (Fsp3) is 0.217. The lowest BCUT2D eigenvalue weighted by molar-refractivity contribution is 0.230. The highest BCUT2D eigenvalue weighted by Crippen LogP contribution is 2.17. The molecule has 3 rings (SSSR count). The summed E-state index contributed by atoms with van der Waals surface area (Å²) < 4.78 is 0. The first-order chi connectivity index (χ1) is 12.3. The van der Waals surface area contributed by atoms with Gasteiger partial charge in [0.25, 0.3) is 0 Å². The van der Waals surface area contributed by atoms with Gasteiger partial charge in [0.15, 0.2) is 0 Å². The van der Waals surface area contributed by atoms with Crippen molar-refractivity contribution >= 4 is 0 Å². The van der Waals surface area contributed by atoms with Crippen molar-refractivity contribution in [3.63, 3.8) is 0 Å². The van der Waals surface area contributed by atoms with E-state index in [1.165, 1.54) is 16.7 Å². The first kappa shape index (κ1) is 17.4. The van der Waals surface area contributed by atoms with Gasteiger partial charge in [0, 0.05) is 25.7 Å². The van der Waals surface area contributed by atoms with E-state index in [0.717, 1.165) is 19.6 Å². The predicted octanol–water partition coefficient (Wildman–Crippen LogP) is 4.65. The van der Waals surface area contributed by atoms with Crippen LogP contribution in [0.4, 0.5) is 0 Å². The quantitative estimate of drug-likeness (QED) is 0.647. The molecule has 0 aliphatic heterocycles. The highest BCUT2D eigenvalue weighted by molar-refractivity contribution is 5.21. The number of hydrogen-bond donors (Lipinski definition) is 1.